The molecule has 0 aromatic carbocycles. The number of aliphatic hydroxyl groups excluding tert-OH is 3. The lowest BCUT2D eigenvalue weighted by molar-refractivity contribution is -0.136. The SMILES string of the molecule is C[C@@H]1[C@@H](O)[C@H](O)[C@@H](O)CN1CC1CCC2(CC1)COC(C)(C)C2. The van der Waals surface area contributed by atoms with E-state index in [-0.39, 0.29) is 11.6 Å². The molecule has 3 N–H and O–H groups in total. The number of aliphatic hydroxyl groups is 3. The monoisotopic (exact) mass is 327 g/mol. The van der Waals surface area contributed by atoms with Gasteiger partial charge < -0.3 is 20.1 Å². The number of hydrogen-bond donors (Lipinski definition) is 3. The summed E-state index contributed by atoms with van der Waals surface area (Å²) in [5.74, 6) is 0.612. The molecule has 0 aromatic rings. The zero-order chi connectivity index (χ0) is 16.8. The Labute approximate surface area is 139 Å². The van der Waals surface area contributed by atoms with Crippen LogP contribution < -0.4 is 0 Å². The van der Waals surface area contributed by atoms with Crippen LogP contribution in [-0.4, -0.2) is 69.9 Å². The Hall–Kier alpha value is -0.200. The molecular weight excluding hydrogens is 294 g/mol. The van der Waals surface area contributed by atoms with Crippen LogP contribution in [0.5, 0.6) is 0 Å². The molecule has 1 spiro atoms. The largest absolute Gasteiger partial charge is 0.389 e. The Morgan fingerprint density at radius 2 is 1.74 bits per heavy atom. The molecule has 0 unspecified atom stereocenters. The highest BCUT2D eigenvalue weighted by Crippen LogP contribution is 2.50. The van der Waals surface area contributed by atoms with Gasteiger partial charge in [0, 0.05) is 19.1 Å². The van der Waals surface area contributed by atoms with E-state index < -0.39 is 18.3 Å². The van der Waals surface area contributed by atoms with Gasteiger partial charge in [-0.15, -0.1) is 0 Å². The molecule has 1 saturated carbocycles. The van der Waals surface area contributed by atoms with Gasteiger partial charge in [0.05, 0.1) is 24.4 Å². The van der Waals surface area contributed by atoms with Crippen molar-refractivity contribution in [3.63, 3.8) is 0 Å². The van der Waals surface area contributed by atoms with Crippen molar-refractivity contribution in [2.45, 2.75) is 82.8 Å². The predicted molar refractivity (Wildman–Crippen MR) is 88.1 cm³/mol. The predicted octanol–water partition coefficient (Wildman–Crippen LogP) is 1.15. The van der Waals surface area contributed by atoms with Gasteiger partial charge in [-0.1, -0.05) is 0 Å². The highest BCUT2D eigenvalue weighted by Gasteiger charge is 2.46. The maximum atomic E-state index is 10.1. The molecule has 0 aromatic heterocycles. The molecule has 5 heteroatoms. The van der Waals surface area contributed by atoms with Gasteiger partial charge in [-0.25, -0.2) is 0 Å². The van der Waals surface area contributed by atoms with E-state index >= 15 is 0 Å². The molecule has 2 saturated heterocycles. The topological polar surface area (TPSA) is 73.2 Å². The maximum absolute atomic E-state index is 10.1. The molecule has 3 aliphatic rings. The van der Waals surface area contributed by atoms with E-state index in [9.17, 15) is 15.3 Å². The van der Waals surface area contributed by atoms with E-state index in [1.54, 1.807) is 0 Å². The van der Waals surface area contributed by atoms with Crippen LogP contribution in [0, 0.1) is 11.3 Å². The third-order valence-electron chi connectivity index (χ3n) is 6.46. The molecule has 134 valence electrons. The first kappa shape index (κ1) is 17.6. The van der Waals surface area contributed by atoms with Gasteiger partial charge in [0.2, 0.25) is 0 Å². The number of nitrogens with zero attached hydrogens (tertiary/aromatic N) is 1. The lowest BCUT2D eigenvalue weighted by Gasteiger charge is -2.45. The van der Waals surface area contributed by atoms with Crippen molar-refractivity contribution in [2.75, 3.05) is 19.7 Å². The lowest BCUT2D eigenvalue weighted by atomic mass is 9.68. The van der Waals surface area contributed by atoms with E-state index in [1.807, 2.05) is 6.92 Å². The van der Waals surface area contributed by atoms with Crippen LogP contribution in [0.2, 0.25) is 0 Å². The van der Waals surface area contributed by atoms with E-state index in [0.29, 0.717) is 17.9 Å². The molecule has 23 heavy (non-hydrogen) atoms. The molecule has 4 atom stereocenters. The minimum atomic E-state index is -1.02. The number of rotatable bonds is 2. The molecule has 2 heterocycles. The highest BCUT2D eigenvalue weighted by atomic mass is 16.5. The number of hydrogen-bond acceptors (Lipinski definition) is 5. The Bertz CT molecular complexity index is 419. The van der Waals surface area contributed by atoms with Gasteiger partial charge in [-0.3, -0.25) is 4.90 Å². The molecule has 2 aliphatic heterocycles. The Balaban J connectivity index is 1.53. The Morgan fingerprint density at radius 1 is 1.09 bits per heavy atom. The zero-order valence-corrected chi connectivity index (χ0v) is 14.7. The van der Waals surface area contributed by atoms with Gasteiger partial charge in [0.15, 0.2) is 0 Å². The summed E-state index contributed by atoms with van der Waals surface area (Å²) in [5.41, 5.74) is 0.404. The van der Waals surface area contributed by atoms with Gasteiger partial charge >= 0.3 is 0 Å². The first-order valence-electron chi connectivity index (χ1n) is 9.14. The fourth-order valence-electron chi connectivity index (χ4n) is 4.96. The lowest BCUT2D eigenvalue weighted by Crippen LogP contribution is -2.61. The smallest absolute Gasteiger partial charge is 0.108 e. The summed E-state index contributed by atoms with van der Waals surface area (Å²) < 4.78 is 5.97. The average Bonchev–Trinajstić information content (AvgIpc) is 2.80. The quantitative estimate of drug-likeness (QED) is 0.709. The molecule has 5 nitrogen and oxygen atoms in total. The van der Waals surface area contributed by atoms with E-state index in [4.69, 9.17) is 4.74 Å². The second-order valence-corrected chi connectivity index (χ2v) is 8.91. The third-order valence-corrected chi connectivity index (χ3v) is 6.46. The maximum Gasteiger partial charge on any atom is 0.108 e. The van der Waals surface area contributed by atoms with Crippen molar-refractivity contribution in [1.82, 2.24) is 4.90 Å². The summed E-state index contributed by atoms with van der Waals surface area (Å²) in [7, 11) is 0. The standard InChI is InChI=1S/C18H33NO4/c1-12-15(21)16(22)14(20)9-19(12)8-13-4-6-18(7-5-13)10-17(2,3)23-11-18/h12-16,20-22H,4-11H2,1-3H3/t12-,13?,14+,15-,16-,18?/m1/s1. The van der Waals surface area contributed by atoms with Crippen LogP contribution in [0.1, 0.15) is 52.9 Å². The molecule has 3 rings (SSSR count). The van der Waals surface area contributed by atoms with E-state index in [2.05, 4.69) is 18.7 Å². The van der Waals surface area contributed by atoms with E-state index in [1.165, 1.54) is 25.7 Å². The van der Waals surface area contributed by atoms with Crippen LogP contribution in [-0.2, 0) is 4.74 Å². The molecule has 0 amide bonds. The van der Waals surface area contributed by atoms with Crippen LogP contribution in [0.15, 0.2) is 0 Å². The minimum absolute atomic E-state index is 0.0264. The summed E-state index contributed by atoms with van der Waals surface area (Å²) in [4.78, 5) is 2.15. The summed E-state index contributed by atoms with van der Waals surface area (Å²) in [6, 6.07) is -0.0990. The number of likely N-dealkylation sites (tertiary alicyclic amines) is 1. The normalized spacial score (nSPS) is 48.0. The van der Waals surface area contributed by atoms with Gasteiger partial charge in [-0.05, 0) is 64.2 Å². The molecule has 3 fully saturated rings. The van der Waals surface area contributed by atoms with Crippen LogP contribution >= 0.6 is 0 Å². The minimum Gasteiger partial charge on any atom is -0.389 e. The third kappa shape index (κ3) is 3.59. The summed E-state index contributed by atoms with van der Waals surface area (Å²) in [5, 5.41) is 29.8. The Morgan fingerprint density at radius 3 is 2.30 bits per heavy atom. The van der Waals surface area contributed by atoms with Crippen molar-refractivity contribution >= 4 is 0 Å². The highest BCUT2D eigenvalue weighted by molar-refractivity contribution is 4.97. The molecule has 0 radical (unpaired) electrons. The van der Waals surface area contributed by atoms with Crippen LogP contribution in [0.3, 0.4) is 0 Å². The fraction of sp³-hybridized carbons (Fsp3) is 1.00. The first-order chi connectivity index (χ1) is 10.7. The van der Waals surface area contributed by atoms with Crippen LogP contribution in [0.4, 0.5) is 0 Å². The number of β-amino-alcohol motifs (C(OH)–C–C–N with tert-alkyl or cyclic N) is 1. The van der Waals surface area contributed by atoms with Gasteiger partial charge in [0.1, 0.15) is 6.10 Å². The summed E-state index contributed by atoms with van der Waals surface area (Å²) in [6.07, 6.45) is 3.26. The van der Waals surface area contributed by atoms with E-state index in [0.717, 1.165) is 19.6 Å². The van der Waals surface area contributed by atoms with Crippen molar-refractivity contribution in [3.8, 4) is 0 Å². The van der Waals surface area contributed by atoms with Crippen molar-refractivity contribution < 1.29 is 20.1 Å². The molecule has 1 aliphatic carbocycles. The van der Waals surface area contributed by atoms with Gasteiger partial charge in [-0.2, -0.15) is 0 Å². The van der Waals surface area contributed by atoms with Crippen molar-refractivity contribution in [2.24, 2.45) is 11.3 Å². The van der Waals surface area contributed by atoms with Crippen molar-refractivity contribution in [3.05, 3.63) is 0 Å². The summed E-state index contributed by atoms with van der Waals surface area (Å²) >= 11 is 0. The Kier molecular flexibility index (Phi) is 4.80. The molecule has 0 bridgehead atoms. The zero-order valence-electron chi connectivity index (χ0n) is 14.7. The number of ether oxygens (including phenoxy) is 1. The van der Waals surface area contributed by atoms with Crippen molar-refractivity contribution in [1.29, 1.82) is 0 Å². The van der Waals surface area contributed by atoms with Gasteiger partial charge in [0.25, 0.3) is 0 Å². The summed E-state index contributed by atoms with van der Waals surface area (Å²) in [6.45, 7) is 8.59. The average molecular weight is 327 g/mol. The molecular formula is C18H33NO4. The second-order valence-electron chi connectivity index (χ2n) is 8.91. The second kappa shape index (κ2) is 6.26. The first-order valence-corrected chi connectivity index (χ1v) is 9.14. The van der Waals surface area contributed by atoms with Crippen LogP contribution in [0.25, 0.3) is 0 Å². The fourth-order valence-corrected chi connectivity index (χ4v) is 4.96. The number of piperidine rings is 1.